The predicted octanol–water partition coefficient (Wildman–Crippen LogP) is 3.45. The summed E-state index contributed by atoms with van der Waals surface area (Å²) >= 11 is 2.27. The first-order chi connectivity index (χ1) is 12.3. The van der Waals surface area contributed by atoms with Crippen molar-refractivity contribution >= 4 is 56.9 Å². The Morgan fingerprint density at radius 1 is 1.42 bits per heavy atom. The van der Waals surface area contributed by atoms with E-state index in [1.165, 1.54) is 19.1 Å². The van der Waals surface area contributed by atoms with Gasteiger partial charge >= 0.3 is 0 Å². The van der Waals surface area contributed by atoms with Crippen molar-refractivity contribution in [3.63, 3.8) is 0 Å². The molecule has 26 heavy (non-hydrogen) atoms. The molecule has 132 valence electrons. The van der Waals surface area contributed by atoms with Crippen molar-refractivity contribution in [3.05, 3.63) is 55.4 Å². The first kappa shape index (κ1) is 18.0. The molecule has 0 spiro atoms. The molecule has 0 saturated carbocycles. The smallest absolute Gasteiger partial charge is 0.270 e. The molecule has 1 aromatic carbocycles. The van der Waals surface area contributed by atoms with Crippen molar-refractivity contribution in [2.24, 2.45) is 4.99 Å². The second kappa shape index (κ2) is 7.18. The number of amidine groups is 1. The van der Waals surface area contributed by atoms with Crippen LogP contribution in [0.4, 0.5) is 10.8 Å². The van der Waals surface area contributed by atoms with E-state index in [1.54, 1.807) is 25.1 Å². The van der Waals surface area contributed by atoms with Crippen LogP contribution in [0, 0.1) is 17.0 Å². The third-order valence-electron chi connectivity index (χ3n) is 3.33. The van der Waals surface area contributed by atoms with Crippen molar-refractivity contribution < 1.29 is 14.5 Å². The van der Waals surface area contributed by atoms with Gasteiger partial charge in [-0.25, -0.2) is 4.98 Å². The van der Waals surface area contributed by atoms with Crippen molar-refractivity contribution in [3.8, 4) is 0 Å². The van der Waals surface area contributed by atoms with Gasteiger partial charge in [0, 0.05) is 19.1 Å². The highest BCUT2D eigenvalue weighted by Crippen LogP contribution is 2.31. The first-order valence-corrected chi connectivity index (χ1v) is 8.99. The SMILES string of the molecule is CC(=O)c1sc(N=C2NC(=O)/C(=C/c3cccc([N+](=O)[O-])c3)S2)nc1C. The molecule has 2 aromatic rings. The maximum Gasteiger partial charge on any atom is 0.270 e. The zero-order chi connectivity index (χ0) is 18.8. The number of aromatic nitrogens is 1. The summed E-state index contributed by atoms with van der Waals surface area (Å²) in [5.74, 6) is -0.429. The quantitative estimate of drug-likeness (QED) is 0.371. The topological polar surface area (TPSA) is 115 Å². The van der Waals surface area contributed by atoms with Gasteiger partial charge in [-0.3, -0.25) is 19.7 Å². The third-order valence-corrected chi connectivity index (χ3v) is 5.39. The van der Waals surface area contributed by atoms with Crippen molar-refractivity contribution in [1.82, 2.24) is 10.3 Å². The highest BCUT2D eigenvalue weighted by Gasteiger charge is 2.24. The van der Waals surface area contributed by atoms with E-state index >= 15 is 0 Å². The van der Waals surface area contributed by atoms with Gasteiger partial charge in [-0.15, -0.1) is 0 Å². The summed E-state index contributed by atoms with van der Waals surface area (Å²) in [4.78, 5) is 43.3. The van der Waals surface area contributed by atoms with Gasteiger partial charge in [-0.05, 0) is 30.3 Å². The Labute approximate surface area is 156 Å². The number of hydrogen-bond acceptors (Lipinski definition) is 8. The number of nitrogens with zero attached hydrogens (tertiary/aromatic N) is 3. The second-order valence-electron chi connectivity index (χ2n) is 5.30. The number of carbonyl (C=O) groups excluding carboxylic acids is 2. The molecule has 1 fully saturated rings. The van der Waals surface area contributed by atoms with Crippen LogP contribution in [0.15, 0.2) is 34.2 Å². The number of amides is 1. The number of aliphatic imine (C=N–C) groups is 1. The fourth-order valence-corrected chi connectivity index (χ4v) is 3.92. The number of non-ortho nitro benzene ring substituents is 1. The molecule has 8 nitrogen and oxygen atoms in total. The molecular weight excluding hydrogens is 376 g/mol. The lowest BCUT2D eigenvalue weighted by Crippen LogP contribution is -2.19. The van der Waals surface area contributed by atoms with Crippen LogP contribution in [0.3, 0.4) is 0 Å². The van der Waals surface area contributed by atoms with E-state index in [1.807, 2.05) is 0 Å². The number of Topliss-reactive ketones (excluding diaryl/α,β-unsaturated/α-hetero) is 1. The van der Waals surface area contributed by atoms with Gasteiger partial charge in [0.15, 0.2) is 11.0 Å². The lowest BCUT2D eigenvalue weighted by atomic mass is 10.2. The lowest BCUT2D eigenvalue weighted by Gasteiger charge is -1.95. The molecule has 1 saturated heterocycles. The van der Waals surface area contributed by atoms with Crippen molar-refractivity contribution in [1.29, 1.82) is 0 Å². The van der Waals surface area contributed by atoms with E-state index in [4.69, 9.17) is 0 Å². The summed E-state index contributed by atoms with van der Waals surface area (Å²) in [5.41, 5.74) is 1.09. The molecule has 1 amide bonds. The minimum atomic E-state index is -0.492. The number of carbonyl (C=O) groups is 2. The fourth-order valence-electron chi connectivity index (χ4n) is 2.20. The van der Waals surface area contributed by atoms with E-state index in [-0.39, 0.29) is 17.4 Å². The number of rotatable bonds is 4. The van der Waals surface area contributed by atoms with Crippen LogP contribution in [-0.4, -0.2) is 26.8 Å². The number of benzene rings is 1. The minimum absolute atomic E-state index is 0.0494. The number of nitro groups is 1. The fraction of sp³-hybridized carbons (Fsp3) is 0.125. The standard InChI is InChI=1S/C16H12N4O4S2/c1-8-13(9(2)21)26-15(17-8)19-16-18-14(22)12(25-16)7-10-4-3-5-11(6-10)20(23)24/h3-7H,1-2H3,(H,17,18,19,22)/b12-7-. The molecule has 10 heteroatoms. The number of aryl methyl sites for hydroxylation is 1. The van der Waals surface area contributed by atoms with E-state index < -0.39 is 4.92 Å². The molecule has 0 unspecified atom stereocenters. The van der Waals surface area contributed by atoms with E-state index in [9.17, 15) is 19.7 Å². The predicted molar refractivity (Wildman–Crippen MR) is 101 cm³/mol. The zero-order valence-corrected chi connectivity index (χ0v) is 15.3. The van der Waals surface area contributed by atoms with Crippen LogP contribution in [0.1, 0.15) is 27.9 Å². The van der Waals surface area contributed by atoms with Gasteiger partial charge in [0.05, 0.1) is 20.4 Å². The molecule has 1 aliphatic rings. The maximum atomic E-state index is 12.1. The Balaban J connectivity index is 1.84. The minimum Gasteiger partial charge on any atom is -0.300 e. The number of thioether (sulfide) groups is 1. The normalized spacial score (nSPS) is 16.9. The Morgan fingerprint density at radius 2 is 2.19 bits per heavy atom. The molecular formula is C16H12N4O4S2. The van der Waals surface area contributed by atoms with E-state index in [2.05, 4.69) is 15.3 Å². The lowest BCUT2D eigenvalue weighted by molar-refractivity contribution is -0.384. The highest BCUT2D eigenvalue weighted by molar-refractivity contribution is 8.18. The average molecular weight is 388 g/mol. The van der Waals surface area contributed by atoms with E-state index in [0.717, 1.165) is 23.1 Å². The Kier molecular flexibility index (Phi) is 4.96. The Hall–Kier alpha value is -2.85. The summed E-state index contributed by atoms with van der Waals surface area (Å²) in [6.45, 7) is 3.19. The first-order valence-electron chi connectivity index (χ1n) is 7.36. The zero-order valence-electron chi connectivity index (χ0n) is 13.7. The molecule has 1 N–H and O–H groups in total. The average Bonchev–Trinajstić information content (AvgIpc) is 3.10. The van der Waals surface area contributed by atoms with Crippen molar-refractivity contribution in [2.45, 2.75) is 13.8 Å². The Morgan fingerprint density at radius 3 is 2.85 bits per heavy atom. The summed E-state index contributed by atoms with van der Waals surface area (Å²) in [6, 6.07) is 6.00. The number of thiazole rings is 1. The van der Waals surface area contributed by atoms with Gasteiger partial charge < -0.3 is 5.32 Å². The Bertz CT molecular complexity index is 994. The molecule has 2 heterocycles. The van der Waals surface area contributed by atoms with Crippen LogP contribution >= 0.6 is 23.1 Å². The van der Waals surface area contributed by atoms with Gasteiger partial charge in [0.2, 0.25) is 5.13 Å². The van der Waals surface area contributed by atoms with Crippen LogP contribution in [0.5, 0.6) is 0 Å². The largest absolute Gasteiger partial charge is 0.300 e. The number of nitro benzene ring substituents is 1. The van der Waals surface area contributed by atoms with Gasteiger partial charge in [0.25, 0.3) is 11.6 Å². The number of nitrogens with one attached hydrogen (secondary N) is 1. The monoisotopic (exact) mass is 388 g/mol. The number of ketones is 1. The molecule has 1 aromatic heterocycles. The molecule has 1 aliphatic heterocycles. The summed E-state index contributed by atoms with van der Waals surface area (Å²) in [6.07, 6.45) is 1.56. The van der Waals surface area contributed by atoms with Crippen LogP contribution in [0.25, 0.3) is 6.08 Å². The van der Waals surface area contributed by atoms with Gasteiger partial charge in [-0.1, -0.05) is 23.5 Å². The summed E-state index contributed by atoms with van der Waals surface area (Å²) < 4.78 is 0. The van der Waals surface area contributed by atoms with Crippen LogP contribution < -0.4 is 5.32 Å². The molecule has 0 aliphatic carbocycles. The van der Waals surface area contributed by atoms with E-state index in [0.29, 0.717) is 31.3 Å². The molecule has 0 atom stereocenters. The third kappa shape index (κ3) is 3.86. The van der Waals surface area contributed by atoms with Gasteiger partial charge in [-0.2, -0.15) is 4.99 Å². The highest BCUT2D eigenvalue weighted by atomic mass is 32.2. The number of hydrogen-bond donors (Lipinski definition) is 1. The molecule has 3 rings (SSSR count). The maximum absolute atomic E-state index is 12.1. The van der Waals surface area contributed by atoms with Crippen LogP contribution in [-0.2, 0) is 4.79 Å². The van der Waals surface area contributed by atoms with Crippen LogP contribution in [0.2, 0.25) is 0 Å². The second-order valence-corrected chi connectivity index (χ2v) is 7.31. The molecule has 0 radical (unpaired) electrons. The molecule has 0 bridgehead atoms. The summed E-state index contributed by atoms with van der Waals surface area (Å²) in [5, 5.41) is 14.2. The summed E-state index contributed by atoms with van der Waals surface area (Å²) in [7, 11) is 0. The van der Waals surface area contributed by atoms with Gasteiger partial charge in [0.1, 0.15) is 0 Å². The van der Waals surface area contributed by atoms with Crippen molar-refractivity contribution in [2.75, 3.05) is 0 Å².